The van der Waals surface area contributed by atoms with Crippen LogP contribution in [0.5, 0.6) is 0 Å². The van der Waals surface area contributed by atoms with E-state index in [1.165, 1.54) is 11.0 Å². The maximum absolute atomic E-state index is 13.8. The van der Waals surface area contributed by atoms with Crippen molar-refractivity contribution in [3.8, 4) is 0 Å². The molecule has 2 heterocycles. The van der Waals surface area contributed by atoms with Crippen molar-refractivity contribution in [2.24, 2.45) is 5.92 Å². The molecule has 0 saturated carbocycles. The van der Waals surface area contributed by atoms with Gasteiger partial charge in [-0.3, -0.25) is 14.5 Å². The van der Waals surface area contributed by atoms with Crippen LogP contribution in [0, 0.1) is 17.6 Å². The van der Waals surface area contributed by atoms with Crippen LogP contribution >= 0.6 is 12.4 Å². The summed E-state index contributed by atoms with van der Waals surface area (Å²) in [5, 5.41) is 6.28. The SMILES string of the molecule is Cl.O=C(NCCN1CCNCC1)C1CCN(C(=O)c2ccc(F)cc2F)CC1. The standard InChI is InChI=1S/C19H26F2N4O2.ClH/c20-15-1-2-16(17(21)13-15)19(27)25-8-3-14(4-9-25)18(26)23-7-12-24-10-5-22-6-11-24;/h1-2,13-14,22H,3-12H2,(H,23,26);1H. The van der Waals surface area contributed by atoms with Gasteiger partial charge in [-0.25, -0.2) is 8.78 Å². The van der Waals surface area contributed by atoms with Crippen LogP contribution in [-0.2, 0) is 4.79 Å². The van der Waals surface area contributed by atoms with Crippen molar-refractivity contribution in [2.75, 3.05) is 52.4 Å². The van der Waals surface area contributed by atoms with E-state index in [2.05, 4.69) is 15.5 Å². The lowest BCUT2D eigenvalue weighted by molar-refractivity contribution is -0.126. The van der Waals surface area contributed by atoms with Crippen molar-refractivity contribution in [1.29, 1.82) is 0 Å². The fourth-order valence-electron chi connectivity index (χ4n) is 3.59. The zero-order chi connectivity index (χ0) is 19.2. The van der Waals surface area contributed by atoms with Crippen molar-refractivity contribution in [2.45, 2.75) is 12.8 Å². The van der Waals surface area contributed by atoms with Gasteiger partial charge >= 0.3 is 0 Å². The summed E-state index contributed by atoms with van der Waals surface area (Å²) >= 11 is 0. The van der Waals surface area contributed by atoms with E-state index >= 15 is 0 Å². The van der Waals surface area contributed by atoms with E-state index in [-0.39, 0.29) is 29.8 Å². The Bertz CT molecular complexity index is 678. The Morgan fingerprint density at radius 2 is 1.79 bits per heavy atom. The second kappa shape index (κ2) is 10.7. The molecule has 2 fully saturated rings. The molecule has 2 amide bonds. The second-order valence-electron chi connectivity index (χ2n) is 7.07. The average molecular weight is 417 g/mol. The zero-order valence-corrected chi connectivity index (χ0v) is 16.6. The Kier molecular flexibility index (Phi) is 8.59. The predicted molar refractivity (Wildman–Crippen MR) is 105 cm³/mol. The molecule has 2 N–H and O–H groups in total. The number of rotatable bonds is 5. The second-order valence-corrected chi connectivity index (χ2v) is 7.07. The number of benzene rings is 1. The van der Waals surface area contributed by atoms with Gasteiger partial charge < -0.3 is 15.5 Å². The van der Waals surface area contributed by atoms with Crippen LogP contribution in [0.1, 0.15) is 23.2 Å². The number of carbonyl (C=O) groups excluding carboxylic acids is 2. The number of hydrogen-bond donors (Lipinski definition) is 2. The summed E-state index contributed by atoms with van der Waals surface area (Å²) in [6.45, 7) is 6.21. The third kappa shape index (κ3) is 5.86. The number of halogens is 3. The third-order valence-electron chi connectivity index (χ3n) is 5.25. The first-order valence-corrected chi connectivity index (χ1v) is 9.49. The molecule has 0 aromatic heterocycles. The normalized spacial score (nSPS) is 18.4. The number of piperidine rings is 1. The topological polar surface area (TPSA) is 64.7 Å². The molecule has 9 heteroatoms. The van der Waals surface area contributed by atoms with Gasteiger partial charge in [0.1, 0.15) is 11.6 Å². The van der Waals surface area contributed by atoms with Crippen molar-refractivity contribution < 1.29 is 18.4 Å². The summed E-state index contributed by atoms with van der Waals surface area (Å²) in [5.41, 5.74) is -0.129. The molecule has 156 valence electrons. The van der Waals surface area contributed by atoms with Crippen molar-refractivity contribution in [3.63, 3.8) is 0 Å². The number of piperazine rings is 1. The molecular weight excluding hydrogens is 390 g/mol. The highest BCUT2D eigenvalue weighted by Crippen LogP contribution is 2.20. The number of nitrogens with zero attached hydrogens (tertiary/aromatic N) is 2. The summed E-state index contributed by atoms with van der Waals surface area (Å²) in [6.07, 6.45) is 1.10. The summed E-state index contributed by atoms with van der Waals surface area (Å²) in [4.78, 5) is 28.6. The minimum atomic E-state index is -0.854. The van der Waals surface area contributed by atoms with E-state index in [9.17, 15) is 18.4 Å². The summed E-state index contributed by atoms with van der Waals surface area (Å²) in [6, 6.07) is 2.96. The third-order valence-corrected chi connectivity index (χ3v) is 5.25. The van der Waals surface area contributed by atoms with E-state index in [1.54, 1.807) is 0 Å². The molecule has 0 bridgehead atoms. The van der Waals surface area contributed by atoms with Crippen LogP contribution in [-0.4, -0.2) is 74.0 Å². The lowest BCUT2D eigenvalue weighted by Crippen LogP contribution is -2.47. The van der Waals surface area contributed by atoms with Gasteiger partial charge in [-0.15, -0.1) is 12.4 Å². The molecule has 28 heavy (non-hydrogen) atoms. The molecule has 2 aliphatic rings. The Morgan fingerprint density at radius 3 is 2.43 bits per heavy atom. The highest BCUT2D eigenvalue weighted by molar-refractivity contribution is 5.94. The molecular formula is C19H27ClF2N4O2. The van der Waals surface area contributed by atoms with Gasteiger partial charge in [0.15, 0.2) is 0 Å². The maximum Gasteiger partial charge on any atom is 0.256 e. The van der Waals surface area contributed by atoms with Crippen LogP contribution in [0.15, 0.2) is 18.2 Å². The Labute approximate surface area is 170 Å². The minimum Gasteiger partial charge on any atom is -0.355 e. The van der Waals surface area contributed by atoms with E-state index in [1.807, 2.05) is 0 Å². The van der Waals surface area contributed by atoms with Crippen molar-refractivity contribution in [3.05, 3.63) is 35.4 Å². The number of nitrogens with one attached hydrogen (secondary N) is 2. The minimum absolute atomic E-state index is 0. The van der Waals surface area contributed by atoms with Gasteiger partial charge in [-0.05, 0) is 25.0 Å². The van der Waals surface area contributed by atoms with Crippen molar-refractivity contribution in [1.82, 2.24) is 20.4 Å². The predicted octanol–water partition coefficient (Wildman–Crippen LogP) is 1.26. The monoisotopic (exact) mass is 416 g/mol. The van der Waals surface area contributed by atoms with E-state index in [0.717, 1.165) is 38.8 Å². The lowest BCUT2D eigenvalue weighted by atomic mass is 9.95. The van der Waals surface area contributed by atoms with Crippen LogP contribution in [0.3, 0.4) is 0 Å². The van der Waals surface area contributed by atoms with E-state index in [4.69, 9.17) is 0 Å². The van der Waals surface area contributed by atoms with Gasteiger partial charge in [0.2, 0.25) is 5.91 Å². The van der Waals surface area contributed by atoms with Gasteiger partial charge in [0, 0.05) is 64.3 Å². The first-order valence-electron chi connectivity index (χ1n) is 9.49. The quantitative estimate of drug-likeness (QED) is 0.758. The molecule has 0 radical (unpaired) electrons. The molecule has 2 aliphatic heterocycles. The van der Waals surface area contributed by atoms with Crippen LogP contribution in [0.4, 0.5) is 8.78 Å². The molecule has 0 unspecified atom stereocenters. The molecule has 1 aromatic rings. The fraction of sp³-hybridized carbons (Fsp3) is 0.579. The van der Waals surface area contributed by atoms with Crippen molar-refractivity contribution >= 4 is 24.2 Å². The zero-order valence-electron chi connectivity index (χ0n) is 15.8. The maximum atomic E-state index is 13.8. The molecule has 2 saturated heterocycles. The number of likely N-dealkylation sites (tertiary alicyclic amines) is 1. The largest absolute Gasteiger partial charge is 0.355 e. The van der Waals surface area contributed by atoms with Crippen LogP contribution in [0.25, 0.3) is 0 Å². The molecule has 0 atom stereocenters. The number of carbonyl (C=O) groups is 2. The number of amides is 2. The first-order chi connectivity index (χ1) is 13.0. The highest BCUT2D eigenvalue weighted by Gasteiger charge is 2.28. The summed E-state index contributed by atoms with van der Waals surface area (Å²) < 4.78 is 26.8. The van der Waals surface area contributed by atoms with Gasteiger partial charge in [-0.1, -0.05) is 0 Å². The molecule has 3 rings (SSSR count). The summed E-state index contributed by atoms with van der Waals surface area (Å²) in [5.74, 6) is -2.13. The summed E-state index contributed by atoms with van der Waals surface area (Å²) in [7, 11) is 0. The highest BCUT2D eigenvalue weighted by atomic mass is 35.5. The van der Waals surface area contributed by atoms with Crippen LogP contribution < -0.4 is 10.6 Å². The van der Waals surface area contributed by atoms with E-state index in [0.29, 0.717) is 38.5 Å². The fourth-order valence-corrected chi connectivity index (χ4v) is 3.59. The molecule has 6 nitrogen and oxygen atoms in total. The molecule has 1 aromatic carbocycles. The lowest BCUT2D eigenvalue weighted by Gasteiger charge is -2.32. The average Bonchev–Trinajstić information content (AvgIpc) is 2.68. The smallest absolute Gasteiger partial charge is 0.256 e. The Balaban J connectivity index is 0.00000280. The Hall–Kier alpha value is -1.77. The number of hydrogen-bond acceptors (Lipinski definition) is 4. The molecule has 0 aliphatic carbocycles. The molecule has 0 spiro atoms. The first kappa shape index (κ1) is 22.5. The van der Waals surface area contributed by atoms with Crippen LogP contribution in [0.2, 0.25) is 0 Å². The van der Waals surface area contributed by atoms with Gasteiger partial charge in [0.05, 0.1) is 5.56 Å². The Morgan fingerprint density at radius 1 is 1.11 bits per heavy atom. The van der Waals surface area contributed by atoms with E-state index < -0.39 is 17.5 Å². The van der Waals surface area contributed by atoms with Gasteiger partial charge in [0.25, 0.3) is 5.91 Å². The van der Waals surface area contributed by atoms with Gasteiger partial charge in [-0.2, -0.15) is 0 Å².